The van der Waals surface area contributed by atoms with Crippen LogP contribution in [0.1, 0.15) is 46.8 Å². The number of nitrogens with one attached hydrogen (secondary N) is 1. The quantitative estimate of drug-likeness (QED) is 0.234. The van der Waals surface area contributed by atoms with Crippen LogP contribution in [-0.2, 0) is 16.6 Å². The molecule has 7 nitrogen and oxygen atoms in total. The summed E-state index contributed by atoms with van der Waals surface area (Å²) >= 11 is 0. The number of carbonyl (C=O) groups is 1. The van der Waals surface area contributed by atoms with E-state index in [1.165, 1.54) is 10.6 Å². The molecule has 0 unspecified atom stereocenters. The molecule has 0 spiro atoms. The summed E-state index contributed by atoms with van der Waals surface area (Å²) in [5.74, 6) is 0.405. The Morgan fingerprint density at radius 2 is 1.71 bits per heavy atom. The highest BCUT2D eigenvalue weighted by atomic mass is 32.2. The number of aryl methyl sites for hydroxylation is 1. The molecule has 0 saturated carbocycles. The van der Waals surface area contributed by atoms with E-state index >= 15 is 0 Å². The average molecular weight is 494 g/mol. The lowest BCUT2D eigenvalue weighted by Gasteiger charge is -2.23. The van der Waals surface area contributed by atoms with Crippen LogP contribution in [0.5, 0.6) is 5.75 Å². The Morgan fingerprint density at radius 1 is 1.03 bits per heavy atom. The van der Waals surface area contributed by atoms with Gasteiger partial charge in [0.2, 0.25) is 10.0 Å². The monoisotopic (exact) mass is 493 g/mol. The fourth-order valence-corrected chi connectivity index (χ4v) is 4.21. The number of hydrogen-bond acceptors (Lipinski definition) is 5. The summed E-state index contributed by atoms with van der Waals surface area (Å²) in [6.07, 6.45) is 4.81. The first-order chi connectivity index (χ1) is 16.8. The number of nitrogens with zero attached hydrogens (tertiary/aromatic N) is 2. The van der Waals surface area contributed by atoms with E-state index in [2.05, 4.69) is 17.5 Å². The summed E-state index contributed by atoms with van der Waals surface area (Å²) < 4.78 is 31.9. The van der Waals surface area contributed by atoms with Gasteiger partial charge in [-0.3, -0.25) is 9.10 Å². The van der Waals surface area contributed by atoms with Gasteiger partial charge in [0.05, 0.1) is 31.3 Å². The number of hydrazone groups is 1. The molecule has 3 rings (SSSR count). The van der Waals surface area contributed by atoms with Gasteiger partial charge in [-0.25, -0.2) is 13.8 Å². The summed E-state index contributed by atoms with van der Waals surface area (Å²) in [5, 5.41) is 4.01. The minimum absolute atomic E-state index is 0.212. The van der Waals surface area contributed by atoms with E-state index in [0.717, 1.165) is 35.3 Å². The fraction of sp³-hybridized carbons (Fsp3) is 0.259. The standard InChI is InChI=1S/C27H31N3O4S/c1-4-5-18-34-26-16-10-22(11-17-26)19-28-29-27(31)23-12-14-25(15-13-23)30(35(3,32)33)20-24-9-7-6-8-21(24)2/h6-17,19H,4-5,18,20H2,1-3H3,(H,29,31)/b28-19-. The smallest absolute Gasteiger partial charge is 0.271 e. The van der Waals surface area contributed by atoms with Crippen LogP contribution in [0, 0.1) is 6.92 Å². The van der Waals surface area contributed by atoms with Crippen LogP contribution in [0.4, 0.5) is 5.69 Å². The van der Waals surface area contributed by atoms with Gasteiger partial charge in [0, 0.05) is 5.56 Å². The molecular weight excluding hydrogens is 462 g/mol. The summed E-state index contributed by atoms with van der Waals surface area (Å²) in [6, 6.07) is 21.5. The van der Waals surface area contributed by atoms with Crippen LogP contribution in [-0.4, -0.2) is 33.4 Å². The number of benzene rings is 3. The lowest BCUT2D eigenvalue weighted by atomic mass is 10.1. The molecule has 0 aliphatic carbocycles. The van der Waals surface area contributed by atoms with E-state index in [0.29, 0.717) is 17.9 Å². The van der Waals surface area contributed by atoms with Crippen LogP contribution in [0.3, 0.4) is 0 Å². The van der Waals surface area contributed by atoms with Crippen molar-refractivity contribution in [2.45, 2.75) is 33.2 Å². The molecule has 3 aromatic rings. The summed E-state index contributed by atoms with van der Waals surface area (Å²) in [5.41, 5.74) is 6.09. The summed E-state index contributed by atoms with van der Waals surface area (Å²) in [4.78, 5) is 12.5. The number of carbonyl (C=O) groups excluding carboxylic acids is 1. The molecule has 0 heterocycles. The first-order valence-corrected chi connectivity index (χ1v) is 13.3. The van der Waals surface area contributed by atoms with Crippen LogP contribution < -0.4 is 14.5 Å². The van der Waals surface area contributed by atoms with Crippen molar-refractivity contribution < 1.29 is 17.9 Å². The lowest BCUT2D eigenvalue weighted by Crippen LogP contribution is -2.29. The van der Waals surface area contributed by atoms with Crippen LogP contribution in [0.15, 0.2) is 77.9 Å². The number of anilines is 1. The van der Waals surface area contributed by atoms with Gasteiger partial charge in [0.15, 0.2) is 0 Å². The van der Waals surface area contributed by atoms with Crippen molar-refractivity contribution >= 4 is 27.8 Å². The Labute approximate surface area is 207 Å². The molecule has 3 aromatic carbocycles. The largest absolute Gasteiger partial charge is 0.494 e. The van der Waals surface area contributed by atoms with Gasteiger partial charge in [-0.1, -0.05) is 37.6 Å². The Hall–Kier alpha value is -3.65. The zero-order chi connectivity index (χ0) is 25.3. The van der Waals surface area contributed by atoms with Crippen molar-refractivity contribution in [3.63, 3.8) is 0 Å². The van der Waals surface area contributed by atoms with Crippen molar-refractivity contribution in [3.8, 4) is 5.75 Å². The first-order valence-electron chi connectivity index (χ1n) is 11.5. The summed E-state index contributed by atoms with van der Waals surface area (Å²) in [7, 11) is -3.52. The molecule has 0 aliphatic rings. The van der Waals surface area contributed by atoms with E-state index in [1.807, 2.05) is 55.5 Å². The van der Waals surface area contributed by atoms with Crippen molar-refractivity contribution in [2.75, 3.05) is 17.2 Å². The Bertz CT molecular complexity index is 1250. The SMILES string of the molecule is CCCCOc1ccc(/C=N\NC(=O)c2ccc(N(Cc3ccccc3C)S(C)(=O)=O)cc2)cc1. The molecule has 0 fully saturated rings. The second-order valence-electron chi connectivity index (χ2n) is 8.21. The fourth-order valence-electron chi connectivity index (χ4n) is 3.34. The van der Waals surface area contributed by atoms with E-state index in [-0.39, 0.29) is 6.54 Å². The van der Waals surface area contributed by atoms with Crippen molar-refractivity contribution in [1.82, 2.24) is 5.43 Å². The zero-order valence-electron chi connectivity index (χ0n) is 20.3. The van der Waals surface area contributed by atoms with Gasteiger partial charge in [0.1, 0.15) is 5.75 Å². The number of amides is 1. The minimum Gasteiger partial charge on any atom is -0.494 e. The van der Waals surface area contributed by atoms with Crippen LogP contribution in [0.2, 0.25) is 0 Å². The molecular formula is C27H31N3O4S. The molecule has 0 aromatic heterocycles. The van der Waals surface area contributed by atoms with Gasteiger partial charge < -0.3 is 4.74 Å². The van der Waals surface area contributed by atoms with Gasteiger partial charge in [-0.15, -0.1) is 0 Å². The van der Waals surface area contributed by atoms with E-state index in [4.69, 9.17) is 4.74 Å². The van der Waals surface area contributed by atoms with Crippen LogP contribution in [0.25, 0.3) is 0 Å². The number of sulfonamides is 1. The minimum atomic E-state index is -3.52. The Kier molecular flexibility index (Phi) is 9.03. The molecule has 35 heavy (non-hydrogen) atoms. The van der Waals surface area contributed by atoms with Gasteiger partial charge >= 0.3 is 0 Å². The second-order valence-corrected chi connectivity index (χ2v) is 10.1. The Morgan fingerprint density at radius 3 is 2.34 bits per heavy atom. The van der Waals surface area contributed by atoms with Crippen molar-refractivity contribution in [1.29, 1.82) is 0 Å². The number of ether oxygens (including phenoxy) is 1. The highest BCUT2D eigenvalue weighted by Crippen LogP contribution is 2.22. The topological polar surface area (TPSA) is 88.1 Å². The molecule has 0 bridgehead atoms. The maximum absolute atomic E-state index is 12.5. The average Bonchev–Trinajstić information content (AvgIpc) is 2.84. The third kappa shape index (κ3) is 7.68. The molecule has 0 aliphatic heterocycles. The molecule has 0 atom stereocenters. The van der Waals surface area contributed by atoms with Gasteiger partial charge in [-0.2, -0.15) is 5.10 Å². The third-order valence-corrected chi connectivity index (χ3v) is 6.56. The normalized spacial score (nSPS) is 11.4. The van der Waals surface area contributed by atoms with Gasteiger partial charge in [0.25, 0.3) is 5.91 Å². The second kappa shape index (κ2) is 12.2. The third-order valence-electron chi connectivity index (χ3n) is 5.42. The van der Waals surface area contributed by atoms with E-state index in [1.54, 1.807) is 30.5 Å². The zero-order valence-corrected chi connectivity index (χ0v) is 21.1. The maximum atomic E-state index is 12.5. The number of unbranched alkanes of at least 4 members (excludes halogenated alkanes) is 1. The lowest BCUT2D eigenvalue weighted by molar-refractivity contribution is 0.0955. The molecule has 0 saturated heterocycles. The first kappa shape index (κ1) is 26.0. The molecule has 1 amide bonds. The molecule has 184 valence electrons. The molecule has 0 radical (unpaired) electrons. The number of rotatable bonds is 11. The molecule has 1 N–H and O–H groups in total. The number of hydrogen-bond donors (Lipinski definition) is 1. The van der Waals surface area contributed by atoms with Crippen molar-refractivity contribution in [3.05, 3.63) is 95.1 Å². The maximum Gasteiger partial charge on any atom is 0.271 e. The highest BCUT2D eigenvalue weighted by Gasteiger charge is 2.19. The Balaban J connectivity index is 1.63. The van der Waals surface area contributed by atoms with E-state index in [9.17, 15) is 13.2 Å². The van der Waals surface area contributed by atoms with Gasteiger partial charge in [-0.05, 0) is 78.6 Å². The predicted molar refractivity (Wildman–Crippen MR) is 141 cm³/mol. The van der Waals surface area contributed by atoms with Crippen LogP contribution >= 0.6 is 0 Å². The van der Waals surface area contributed by atoms with E-state index < -0.39 is 15.9 Å². The van der Waals surface area contributed by atoms with Crippen molar-refractivity contribution in [2.24, 2.45) is 5.10 Å². The summed E-state index contributed by atoms with van der Waals surface area (Å²) in [6.45, 7) is 4.96. The highest BCUT2D eigenvalue weighted by molar-refractivity contribution is 7.92. The molecule has 8 heteroatoms. The predicted octanol–water partition coefficient (Wildman–Crippen LogP) is 4.90.